The van der Waals surface area contributed by atoms with Crippen molar-refractivity contribution < 1.29 is 13.5 Å². The molecule has 0 aliphatic heterocycles. The molecular weight excluding hydrogens is 272 g/mol. The number of rotatable bonds is 11. The molecule has 0 atom stereocenters. The van der Waals surface area contributed by atoms with Gasteiger partial charge in [-0.25, -0.2) is 4.39 Å². The van der Waals surface area contributed by atoms with E-state index in [0.717, 1.165) is 30.4 Å². The first-order valence-electron chi connectivity index (χ1n) is 7.67. The minimum absolute atomic E-state index is 0.0831. The van der Waals surface area contributed by atoms with E-state index in [0.29, 0.717) is 25.3 Å². The predicted octanol–water partition coefficient (Wildman–Crippen LogP) is 5.19. The Morgan fingerprint density at radius 1 is 1.14 bits per heavy atom. The maximum absolute atomic E-state index is 13.2. The monoisotopic (exact) mass is 301 g/mol. The lowest BCUT2D eigenvalue weighted by atomic mass is 10.1. The summed E-state index contributed by atoms with van der Waals surface area (Å²) in [6.45, 7) is 5.61. The van der Waals surface area contributed by atoms with Crippen molar-refractivity contribution in [2.24, 2.45) is 0 Å². The van der Waals surface area contributed by atoms with E-state index in [-0.39, 0.29) is 12.5 Å². The molecule has 0 aromatic carbocycles. The van der Waals surface area contributed by atoms with Crippen molar-refractivity contribution in [1.82, 2.24) is 5.32 Å². The maximum atomic E-state index is 13.2. The normalized spacial score (nSPS) is 14.0. The van der Waals surface area contributed by atoms with E-state index in [1.54, 1.807) is 7.05 Å². The van der Waals surface area contributed by atoms with Crippen LogP contribution in [0.1, 0.15) is 52.9 Å². The lowest BCUT2D eigenvalue weighted by Crippen LogP contribution is -2.11. The second-order valence-corrected chi connectivity index (χ2v) is 4.83. The van der Waals surface area contributed by atoms with Crippen molar-refractivity contribution in [3.63, 3.8) is 0 Å². The van der Waals surface area contributed by atoms with E-state index >= 15 is 0 Å². The number of halogens is 2. The summed E-state index contributed by atoms with van der Waals surface area (Å²) in [6.07, 6.45) is 7.27. The van der Waals surface area contributed by atoms with Crippen molar-refractivity contribution in [2.45, 2.75) is 52.9 Å². The minimum Gasteiger partial charge on any atom is -0.475 e. The van der Waals surface area contributed by atoms with Gasteiger partial charge in [-0.2, -0.15) is 0 Å². The molecule has 0 aliphatic rings. The van der Waals surface area contributed by atoms with Crippen LogP contribution in [0.25, 0.3) is 0 Å². The third kappa shape index (κ3) is 9.27. The molecule has 0 aromatic heterocycles. The molecular formula is C17H29F2NO. The summed E-state index contributed by atoms with van der Waals surface area (Å²) < 4.78 is 31.0. The summed E-state index contributed by atoms with van der Waals surface area (Å²) in [5.74, 6) is 0.599. The van der Waals surface area contributed by atoms with Crippen LogP contribution >= 0.6 is 0 Å². The molecule has 0 fully saturated rings. The smallest absolute Gasteiger partial charge is 0.182 e. The highest BCUT2D eigenvalue weighted by Gasteiger charge is 2.02. The molecule has 122 valence electrons. The van der Waals surface area contributed by atoms with Gasteiger partial charge in [0.2, 0.25) is 0 Å². The van der Waals surface area contributed by atoms with Crippen LogP contribution in [-0.2, 0) is 4.74 Å². The molecule has 21 heavy (non-hydrogen) atoms. The van der Waals surface area contributed by atoms with Gasteiger partial charge in [0.25, 0.3) is 0 Å². The van der Waals surface area contributed by atoms with E-state index in [4.69, 9.17) is 4.74 Å². The molecule has 0 amide bonds. The summed E-state index contributed by atoms with van der Waals surface area (Å²) in [7, 11) is 1.79. The Balaban J connectivity index is 4.38. The fourth-order valence-electron chi connectivity index (χ4n) is 1.94. The zero-order valence-electron chi connectivity index (χ0n) is 13.8. The summed E-state index contributed by atoms with van der Waals surface area (Å²) in [6, 6.07) is 0. The quantitative estimate of drug-likeness (QED) is 0.418. The van der Waals surface area contributed by atoms with E-state index in [1.165, 1.54) is 6.92 Å². The molecule has 0 aromatic rings. The fourth-order valence-corrected chi connectivity index (χ4v) is 1.94. The van der Waals surface area contributed by atoms with Gasteiger partial charge >= 0.3 is 0 Å². The second kappa shape index (κ2) is 12.4. The van der Waals surface area contributed by atoms with Crippen molar-refractivity contribution >= 4 is 0 Å². The summed E-state index contributed by atoms with van der Waals surface area (Å²) in [5.41, 5.74) is 1.93. The molecule has 0 radical (unpaired) electrons. The molecule has 0 saturated heterocycles. The van der Waals surface area contributed by atoms with Gasteiger partial charge in [-0.1, -0.05) is 19.9 Å². The Bertz CT molecular complexity index is 369. The van der Waals surface area contributed by atoms with Crippen molar-refractivity contribution in [3.05, 3.63) is 35.0 Å². The van der Waals surface area contributed by atoms with Crippen LogP contribution < -0.4 is 5.32 Å². The van der Waals surface area contributed by atoms with Crippen LogP contribution in [0.4, 0.5) is 8.78 Å². The van der Waals surface area contributed by atoms with E-state index in [1.807, 2.05) is 26.0 Å². The van der Waals surface area contributed by atoms with Crippen molar-refractivity contribution in [3.8, 4) is 0 Å². The molecule has 0 rings (SSSR count). The number of hydrogen-bond donors (Lipinski definition) is 1. The predicted molar refractivity (Wildman–Crippen MR) is 85.4 cm³/mol. The second-order valence-electron chi connectivity index (χ2n) is 4.83. The van der Waals surface area contributed by atoms with Gasteiger partial charge in [0.15, 0.2) is 5.88 Å². The molecule has 0 aliphatic carbocycles. The highest BCUT2D eigenvalue weighted by molar-refractivity contribution is 5.07. The standard InChI is InChI=1S/C17H29F2NO/c1-5-15(9-8-12-18)13-21-17(20-4)11-7-10-16(6-2)14(3)19/h9,11,20H,5-8,10,12-13H2,1-4H3/b15-9+,16-14+,17-11-. The fraction of sp³-hybridized carbons (Fsp3) is 0.647. The van der Waals surface area contributed by atoms with Gasteiger partial charge in [-0.3, -0.25) is 4.39 Å². The zero-order valence-corrected chi connectivity index (χ0v) is 13.8. The van der Waals surface area contributed by atoms with E-state index in [9.17, 15) is 8.78 Å². The van der Waals surface area contributed by atoms with Crippen LogP contribution in [0.15, 0.2) is 35.0 Å². The van der Waals surface area contributed by atoms with Gasteiger partial charge in [0.05, 0.1) is 12.5 Å². The third-order valence-corrected chi connectivity index (χ3v) is 3.35. The lowest BCUT2D eigenvalue weighted by molar-refractivity contribution is 0.216. The van der Waals surface area contributed by atoms with Gasteiger partial charge in [0.1, 0.15) is 6.61 Å². The zero-order chi connectivity index (χ0) is 16.1. The topological polar surface area (TPSA) is 21.3 Å². The van der Waals surface area contributed by atoms with Gasteiger partial charge in [-0.05, 0) is 56.3 Å². The summed E-state index contributed by atoms with van der Waals surface area (Å²) in [4.78, 5) is 0. The van der Waals surface area contributed by atoms with Crippen molar-refractivity contribution in [2.75, 3.05) is 20.3 Å². The first-order chi connectivity index (χ1) is 10.1. The average molecular weight is 301 g/mol. The van der Waals surface area contributed by atoms with E-state index in [2.05, 4.69) is 5.32 Å². The minimum atomic E-state index is -0.340. The lowest BCUT2D eigenvalue weighted by Gasteiger charge is -2.12. The number of hydrogen-bond acceptors (Lipinski definition) is 2. The number of alkyl halides is 1. The number of allylic oxidation sites excluding steroid dienone is 4. The Morgan fingerprint density at radius 2 is 1.86 bits per heavy atom. The van der Waals surface area contributed by atoms with Crippen LogP contribution in [0.2, 0.25) is 0 Å². The van der Waals surface area contributed by atoms with Crippen LogP contribution in [0.5, 0.6) is 0 Å². The van der Waals surface area contributed by atoms with Gasteiger partial charge in [0, 0.05) is 7.05 Å². The number of ether oxygens (including phenoxy) is 1. The highest BCUT2D eigenvalue weighted by Crippen LogP contribution is 2.16. The van der Waals surface area contributed by atoms with Gasteiger partial charge in [-0.15, -0.1) is 0 Å². The Labute approximate surface area is 128 Å². The Kier molecular flexibility index (Phi) is 11.6. The Morgan fingerprint density at radius 3 is 2.33 bits per heavy atom. The molecule has 0 spiro atoms. The highest BCUT2D eigenvalue weighted by atomic mass is 19.1. The van der Waals surface area contributed by atoms with Crippen LogP contribution in [0, 0.1) is 0 Å². The van der Waals surface area contributed by atoms with E-state index < -0.39 is 0 Å². The Hall–Kier alpha value is -1.32. The summed E-state index contributed by atoms with van der Waals surface area (Å²) >= 11 is 0. The largest absolute Gasteiger partial charge is 0.475 e. The molecule has 0 unspecified atom stereocenters. The summed E-state index contributed by atoms with van der Waals surface area (Å²) in [5, 5.41) is 2.99. The molecule has 0 bridgehead atoms. The third-order valence-electron chi connectivity index (χ3n) is 3.35. The SMILES string of the molecule is CC/C(=C\CCF)CO/C(=C\CC/C(CC)=C(\C)F)NC. The number of nitrogens with one attached hydrogen (secondary N) is 1. The van der Waals surface area contributed by atoms with Crippen LogP contribution in [-0.4, -0.2) is 20.3 Å². The van der Waals surface area contributed by atoms with Crippen LogP contribution in [0.3, 0.4) is 0 Å². The average Bonchev–Trinajstić information content (AvgIpc) is 2.49. The van der Waals surface area contributed by atoms with Gasteiger partial charge < -0.3 is 10.1 Å². The molecule has 2 nitrogen and oxygen atoms in total. The first-order valence-corrected chi connectivity index (χ1v) is 7.67. The molecule has 0 heterocycles. The molecule has 4 heteroatoms. The maximum Gasteiger partial charge on any atom is 0.182 e. The van der Waals surface area contributed by atoms with Crippen molar-refractivity contribution in [1.29, 1.82) is 0 Å². The molecule has 1 N–H and O–H groups in total. The molecule has 0 saturated carbocycles. The first kappa shape index (κ1) is 19.7.